The molecule has 2 aromatic rings. The average Bonchev–Trinajstić information content (AvgIpc) is 3.44. The quantitative estimate of drug-likeness (QED) is 0.789. The first-order valence-corrected chi connectivity index (χ1v) is 8.59. The van der Waals surface area contributed by atoms with Crippen molar-refractivity contribution in [1.82, 2.24) is 9.88 Å². The Kier molecular flexibility index (Phi) is 3.18. The Balaban J connectivity index is 1.52. The predicted molar refractivity (Wildman–Crippen MR) is 92.4 cm³/mol. The fraction of sp³-hybridized carbons (Fsp3) is 0.300. The van der Waals surface area contributed by atoms with Crippen molar-refractivity contribution in [2.75, 3.05) is 6.73 Å². The van der Waals surface area contributed by atoms with E-state index in [4.69, 9.17) is 9.47 Å². The summed E-state index contributed by atoms with van der Waals surface area (Å²) < 4.78 is 11.9. The van der Waals surface area contributed by atoms with Crippen molar-refractivity contribution in [3.05, 3.63) is 58.6 Å². The SMILES string of the molecule is Cc1c2c(cc3c1OC(=Cc1ccccn1)C3=O)CN(C1CC1)CO2. The molecule has 0 saturated heterocycles. The molecule has 1 saturated carbocycles. The summed E-state index contributed by atoms with van der Waals surface area (Å²) in [5, 5.41) is 0. The fourth-order valence-electron chi connectivity index (χ4n) is 3.54. The number of ether oxygens (including phenoxy) is 2. The first-order valence-electron chi connectivity index (χ1n) is 8.59. The van der Waals surface area contributed by atoms with Crippen LogP contribution in [0.25, 0.3) is 6.08 Å². The summed E-state index contributed by atoms with van der Waals surface area (Å²) in [7, 11) is 0. The third-order valence-corrected chi connectivity index (χ3v) is 4.99. The summed E-state index contributed by atoms with van der Waals surface area (Å²) >= 11 is 0. The molecule has 1 aromatic carbocycles. The van der Waals surface area contributed by atoms with E-state index >= 15 is 0 Å². The number of carbonyl (C=O) groups is 1. The van der Waals surface area contributed by atoms with Crippen molar-refractivity contribution in [1.29, 1.82) is 0 Å². The van der Waals surface area contributed by atoms with Crippen molar-refractivity contribution in [2.24, 2.45) is 0 Å². The van der Waals surface area contributed by atoms with Crippen LogP contribution in [-0.2, 0) is 6.54 Å². The average molecular weight is 334 g/mol. The van der Waals surface area contributed by atoms with Crippen LogP contribution in [0, 0.1) is 6.92 Å². The predicted octanol–water partition coefficient (Wildman–Crippen LogP) is 3.32. The number of hydrogen-bond donors (Lipinski definition) is 0. The Labute approximate surface area is 145 Å². The lowest BCUT2D eigenvalue weighted by Gasteiger charge is -2.30. The van der Waals surface area contributed by atoms with Gasteiger partial charge in [-0.1, -0.05) is 6.07 Å². The van der Waals surface area contributed by atoms with Crippen LogP contribution in [0.4, 0.5) is 0 Å². The van der Waals surface area contributed by atoms with E-state index in [1.165, 1.54) is 12.8 Å². The van der Waals surface area contributed by atoms with Gasteiger partial charge in [-0.2, -0.15) is 0 Å². The van der Waals surface area contributed by atoms with Crippen LogP contribution >= 0.6 is 0 Å². The number of carbonyl (C=O) groups excluding carboxylic acids is 1. The number of rotatable bonds is 2. The maximum absolute atomic E-state index is 12.8. The van der Waals surface area contributed by atoms with Crippen LogP contribution in [-0.4, -0.2) is 28.4 Å². The standard InChI is InChI=1S/C20H18N2O3/c1-12-19-13(10-22(11-24-19)15-5-6-15)8-16-18(23)17(25-20(12)16)9-14-4-2-3-7-21-14/h2-4,7-9,15H,5-6,10-11H2,1H3. The van der Waals surface area contributed by atoms with Crippen molar-refractivity contribution in [3.63, 3.8) is 0 Å². The van der Waals surface area contributed by atoms with Crippen LogP contribution in [0.15, 0.2) is 36.2 Å². The van der Waals surface area contributed by atoms with Gasteiger partial charge in [0.25, 0.3) is 0 Å². The zero-order valence-corrected chi connectivity index (χ0v) is 14.0. The van der Waals surface area contributed by atoms with Crippen molar-refractivity contribution >= 4 is 11.9 Å². The van der Waals surface area contributed by atoms with Crippen LogP contribution in [0.5, 0.6) is 11.5 Å². The largest absolute Gasteiger partial charge is 0.477 e. The lowest BCUT2D eigenvalue weighted by molar-refractivity contribution is 0.0872. The molecule has 1 aliphatic carbocycles. The molecule has 25 heavy (non-hydrogen) atoms. The van der Waals surface area contributed by atoms with Gasteiger partial charge in [-0.3, -0.25) is 14.7 Å². The van der Waals surface area contributed by atoms with Crippen molar-refractivity contribution in [2.45, 2.75) is 32.4 Å². The van der Waals surface area contributed by atoms with Gasteiger partial charge in [-0.15, -0.1) is 0 Å². The monoisotopic (exact) mass is 334 g/mol. The molecular weight excluding hydrogens is 316 g/mol. The summed E-state index contributed by atoms with van der Waals surface area (Å²) in [5.74, 6) is 1.71. The minimum Gasteiger partial charge on any atom is -0.477 e. The minimum atomic E-state index is -0.0879. The molecule has 3 aliphatic rings. The fourth-order valence-corrected chi connectivity index (χ4v) is 3.54. The zero-order chi connectivity index (χ0) is 17.0. The highest BCUT2D eigenvalue weighted by Gasteiger charge is 2.36. The number of benzene rings is 1. The first kappa shape index (κ1) is 14.7. The molecule has 1 aromatic heterocycles. The van der Waals surface area contributed by atoms with Gasteiger partial charge in [0.1, 0.15) is 18.2 Å². The molecule has 126 valence electrons. The molecule has 0 N–H and O–H groups in total. The summed E-state index contributed by atoms with van der Waals surface area (Å²) in [6.07, 6.45) is 5.87. The third-order valence-electron chi connectivity index (χ3n) is 4.99. The molecule has 0 radical (unpaired) electrons. The summed E-state index contributed by atoms with van der Waals surface area (Å²) in [6.45, 7) is 3.41. The van der Waals surface area contributed by atoms with Gasteiger partial charge in [0, 0.05) is 36.0 Å². The highest BCUT2D eigenvalue weighted by Crippen LogP contribution is 2.44. The number of allylic oxidation sites excluding steroid dienone is 1. The number of nitrogens with zero attached hydrogens (tertiary/aromatic N) is 2. The van der Waals surface area contributed by atoms with E-state index in [0.29, 0.717) is 35.5 Å². The van der Waals surface area contributed by atoms with Crippen LogP contribution < -0.4 is 9.47 Å². The van der Waals surface area contributed by atoms with Gasteiger partial charge < -0.3 is 9.47 Å². The molecule has 5 rings (SSSR count). The van der Waals surface area contributed by atoms with E-state index in [9.17, 15) is 4.79 Å². The molecule has 1 fully saturated rings. The first-order chi connectivity index (χ1) is 12.2. The second kappa shape index (κ2) is 5.43. The van der Waals surface area contributed by atoms with Crippen LogP contribution in [0.2, 0.25) is 0 Å². The van der Waals surface area contributed by atoms with Crippen molar-refractivity contribution < 1.29 is 14.3 Å². The Hall–Kier alpha value is -2.66. The smallest absolute Gasteiger partial charge is 0.232 e. The summed E-state index contributed by atoms with van der Waals surface area (Å²) in [4.78, 5) is 19.4. The van der Waals surface area contributed by atoms with Gasteiger partial charge in [0.15, 0.2) is 5.76 Å². The van der Waals surface area contributed by atoms with Gasteiger partial charge in [-0.25, -0.2) is 0 Å². The highest BCUT2D eigenvalue weighted by atomic mass is 16.5. The summed E-state index contributed by atoms with van der Waals surface area (Å²) in [6, 6.07) is 8.15. The van der Waals surface area contributed by atoms with E-state index in [0.717, 1.165) is 23.4 Å². The van der Waals surface area contributed by atoms with E-state index in [1.54, 1.807) is 12.3 Å². The van der Waals surface area contributed by atoms with E-state index in [-0.39, 0.29) is 5.78 Å². The maximum Gasteiger partial charge on any atom is 0.232 e. The zero-order valence-electron chi connectivity index (χ0n) is 14.0. The molecule has 5 nitrogen and oxygen atoms in total. The molecular formula is C20H18N2O3. The topological polar surface area (TPSA) is 51.7 Å². The third kappa shape index (κ3) is 2.43. The van der Waals surface area contributed by atoms with E-state index in [2.05, 4.69) is 9.88 Å². The molecule has 0 amide bonds. The Morgan fingerprint density at radius 2 is 2.16 bits per heavy atom. The Morgan fingerprint density at radius 3 is 2.92 bits per heavy atom. The second-order valence-corrected chi connectivity index (χ2v) is 6.81. The molecule has 2 aliphatic heterocycles. The van der Waals surface area contributed by atoms with E-state index < -0.39 is 0 Å². The van der Waals surface area contributed by atoms with E-state index in [1.807, 2.05) is 31.2 Å². The van der Waals surface area contributed by atoms with Gasteiger partial charge in [-0.05, 0) is 38.0 Å². The number of hydrogen-bond acceptors (Lipinski definition) is 5. The number of Topliss-reactive ketones (excluding diaryl/α,β-unsaturated/α-hetero) is 1. The molecule has 0 unspecified atom stereocenters. The number of pyridine rings is 1. The number of aromatic nitrogens is 1. The second-order valence-electron chi connectivity index (χ2n) is 6.81. The maximum atomic E-state index is 12.8. The molecule has 0 spiro atoms. The lowest BCUT2D eigenvalue weighted by Crippen LogP contribution is -2.34. The van der Waals surface area contributed by atoms with Gasteiger partial charge >= 0.3 is 0 Å². The molecule has 0 atom stereocenters. The Bertz CT molecular complexity index is 901. The number of fused-ring (bicyclic) bond motifs is 2. The molecule has 3 heterocycles. The van der Waals surface area contributed by atoms with Gasteiger partial charge in [0.05, 0.1) is 11.3 Å². The van der Waals surface area contributed by atoms with Gasteiger partial charge in [0.2, 0.25) is 5.78 Å². The van der Waals surface area contributed by atoms with Crippen LogP contribution in [0.1, 0.15) is 40.0 Å². The lowest BCUT2D eigenvalue weighted by atomic mass is 10.00. The normalized spacial score (nSPS) is 20.8. The number of ketones is 1. The molecule has 0 bridgehead atoms. The van der Waals surface area contributed by atoms with Crippen LogP contribution in [0.3, 0.4) is 0 Å². The highest BCUT2D eigenvalue weighted by molar-refractivity contribution is 6.15. The summed E-state index contributed by atoms with van der Waals surface area (Å²) in [5.41, 5.74) is 3.31. The Morgan fingerprint density at radius 1 is 1.28 bits per heavy atom. The van der Waals surface area contributed by atoms with Crippen molar-refractivity contribution in [3.8, 4) is 11.5 Å². The molecule has 5 heteroatoms. The minimum absolute atomic E-state index is 0.0879.